The van der Waals surface area contributed by atoms with E-state index < -0.39 is 0 Å². The van der Waals surface area contributed by atoms with Gasteiger partial charge >= 0.3 is 0 Å². The summed E-state index contributed by atoms with van der Waals surface area (Å²) in [7, 11) is 2.19. The van der Waals surface area contributed by atoms with E-state index in [4.69, 9.17) is 4.74 Å². The second kappa shape index (κ2) is 8.34. The van der Waals surface area contributed by atoms with Crippen molar-refractivity contribution >= 4 is 12.4 Å². The van der Waals surface area contributed by atoms with Crippen LogP contribution in [0.2, 0.25) is 0 Å². The van der Waals surface area contributed by atoms with Crippen molar-refractivity contribution in [2.24, 2.45) is 5.92 Å². The summed E-state index contributed by atoms with van der Waals surface area (Å²) in [5.41, 5.74) is 0. The number of halogens is 1. The summed E-state index contributed by atoms with van der Waals surface area (Å²) >= 11 is 0. The first kappa shape index (κ1) is 15.2. The van der Waals surface area contributed by atoms with Crippen molar-refractivity contribution < 1.29 is 4.74 Å². The van der Waals surface area contributed by atoms with E-state index in [2.05, 4.69) is 31.1 Å². The molecule has 1 saturated heterocycles. The van der Waals surface area contributed by atoms with Gasteiger partial charge < -0.3 is 10.1 Å². The second-order valence-corrected chi connectivity index (χ2v) is 4.60. The first-order chi connectivity index (χ1) is 6.70. The van der Waals surface area contributed by atoms with Crippen LogP contribution in [-0.4, -0.2) is 50.8 Å². The zero-order valence-electron chi connectivity index (χ0n) is 10.2. The van der Waals surface area contributed by atoms with Crippen LogP contribution in [0, 0.1) is 5.92 Å². The molecule has 0 aromatic rings. The average Bonchev–Trinajstić information content (AvgIpc) is 2.64. The Morgan fingerprint density at radius 3 is 2.73 bits per heavy atom. The quantitative estimate of drug-likeness (QED) is 0.706. The molecule has 0 saturated carbocycles. The molecule has 0 aliphatic carbocycles. The number of nitrogens with zero attached hydrogens (tertiary/aromatic N) is 1. The lowest BCUT2D eigenvalue weighted by atomic mass is 10.2. The molecule has 0 amide bonds. The second-order valence-electron chi connectivity index (χ2n) is 4.60. The summed E-state index contributed by atoms with van der Waals surface area (Å²) in [6.45, 7) is 9.48. The number of hydrogen-bond donors (Lipinski definition) is 1. The molecule has 1 aliphatic heterocycles. The molecule has 1 aliphatic rings. The Kier molecular flexibility index (Phi) is 8.43. The van der Waals surface area contributed by atoms with Crippen LogP contribution in [0.5, 0.6) is 0 Å². The van der Waals surface area contributed by atoms with Crippen LogP contribution in [0.25, 0.3) is 0 Å². The fourth-order valence-corrected chi connectivity index (χ4v) is 1.73. The van der Waals surface area contributed by atoms with E-state index in [1.807, 2.05) is 0 Å². The highest BCUT2D eigenvalue weighted by molar-refractivity contribution is 5.85. The lowest BCUT2D eigenvalue weighted by Gasteiger charge is -2.23. The van der Waals surface area contributed by atoms with E-state index in [9.17, 15) is 0 Å². The van der Waals surface area contributed by atoms with Gasteiger partial charge in [-0.25, -0.2) is 0 Å². The summed E-state index contributed by atoms with van der Waals surface area (Å²) in [5, 5.41) is 3.38. The molecular formula is C11H25ClN2O. The van der Waals surface area contributed by atoms with Crippen LogP contribution in [0.3, 0.4) is 0 Å². The Morgan fingerprint density at radius 2 is 2.20 bits per heavy atom. The molecule has 1 N–H and O–H groups in total. The molecule has 1 fully saturated rings. The Hall–Kier alpha value is 0.170. The molecule has 0 bridgehead atoms. The molecule has 1 unspecified atom stereocenters. The van der Waals surface area contributed by atoms with Crippen molar-refractivity contribution in [3.63, 3.8) is 0 Å². The summed E-state index contributed by atoms with van der Waals surface area (Å²) in [6.07, 6.45) is 1.28. The maximum atomic E-state index is 5.56. The van der Waals surface area contributed by atoms with Gasteiger partial charge in [-0.3, -0.25) is 4.90 Å². The van der Waals surface area contributed by atoms with Crippen LogP contribution in [-0.2, 0) is 4.74 Å². The molecule has 4 heteroatoms. The van der Waals surface area contributed by atoms with E-state index in [0.717, 1.165) is 32.3 Å². The van der Waals surface area contributed by atoms with Gasteiger partial charge in [-0.15, -0.1) is 12.4 Å². The maximum Gasteiger partial charge on any atom is 0.0593 e. The molecule has 15 heavy (non-hydrogen) atoms. The van der Waals surface area contributed by atoms with Crippen molar-refractivity contribution in [1.82, 2.24) is 10.2 Å². The smallest absolute Gasteiger partial charge is 0.0593 e. The van der Waals surface area contributed by atoms with E-state index in [1.165, 1.54) is 13.0 Å². The fraction of sp³-hybridized carbons (Fsp3) is 1.00. The summed E-state index contributed by atoms with van der Waals surface area (Å²) in [5.74, 6) is 0.647. The van der Waals surface area contributed by atoms with Crippen LogP contribution < -0.4 is 5.32 Å². The maximum absolute atomic E-state index is 5.56. The molecule has 0 aromatic carbocycles. The number of rotatable bonds is 6. The molecule has 3 nitrogen and oxygen atoms in total. The number of nitrogens with one attached hydrogen (secondary N) is 1. The first-order valence-electron chi connectivity index (χ1n) is 5.69. The topological polar surface area (TPSA) is 24.5 Å². The van der Waals surface area contributed by atoms with Gasteiger partial charge in [-0.1, -0.05) is 13.8 Å². The molecule has 92 valence electrons. The average molecular weight is 237 g/mol. The van der Waals surface area contributed by atoms with Gasteiger partial charge in [0.25, 0.3) is 0 Å². The van der Waals surface area contributed by atoms with Gasteiger partial charge in [0.15, 0.2) is 0 Å². The minimum atomic E-state index is 0. The summed E-state index contributed by atoms with van der Waals surface area (Å²) < 4.78 is 5.56. The SMILES string of the molecule is CC(C)COCCN(C)C1CCNC1.Cl. The van der Waals surface area contributed by atoms with Gasteiger partial charge in [0.1, 0.15) is 0 Å². The minimum Gasteiger partial charge on any atom is -0.380 e. The third-order valence-electron chi connectivity index (χ3n) is 2.70. The van der Waals surface area contributed by atoms with E-state index in [-0.39, 0.29) is 12.4 Å². The van der Waals surface area contributed by atoms with Gasteiger partial charge in [0, 0.05) is 25.7 Å². The summed E-state index contributed by atoms with van der Waals surface area (Å²) in [4.78, 5) is 2.40. The normalized spacial score (nSPS) is 21.0. The Labute approximate surface area is 100.0 Å². The van der Waals surface area contributed by atoms with Crippen molar-refractivity contribution in [2.45, 2.75) is 26.3 Å². The summed E-state index contributed by atoms with van der Waals surface area (Å²) in [6, 6.07) is 0.720. The molecule has 0 radical (unpaired) electrons. The monoisotopic (exact) mass is 236 g/mol. The molecule has 1 atom stereocenters. The predicted octanol–water partition coefficient (Wildman–Crippen LogP) is 1.37. The number of ether oxygens (including phenoxy) is 1. The van der Waals surface area contributed by atoms with Gasteiger partial charge in [0.05, 0.1) is 6.61 Å². The van der Waals surface area contributed by atoms with Gasteiger partial charge in [-0.05, 0) is 25.9 Å². The lowest BCUT2D eigenvalue weighted by molar-refractivity contribution is 0.0833. The van der Waals surface area contributed by atoms with Gasteiger partial charge in [0.2, 0.25) is 0 Å². The van der Waals surface area contributed by atoms with E-state index >= 15 is 0 Å². The molecule has 0 aromatic heterocycles. The van der Waals surface area contributed by atoms with Crippen LogP contribution in [0.4, 0.5) is 0 Å². The van der Waals surface area contributed by atoms with Gasteiger partial charge in [-0.2, -0.15) is 0 Å². The highest BCUT2D eigenvalue weighted by Crippen LogP contribution is 2.05. The zero-order valence-corrected chi connectivity index (χ0v) is 11.0. The molecule has 1 rings (SSSR count). The Balaban J connectivity index is 0.00000196. The number of likely N-dealkylation sites (N-methyl/N-ethyl adjacent to an activating group) is 1. The lowest BCUT2D eigenvalue weighted by Crippen LogP contribution is -2.35. The van der Waals surface area contributed by atoms with Crippen LogP contribution >= 0.6 is 12.4 Å². The Morgan fingerprint density at radius 1 is 1.47 bits per heavy atom. The Bertz CT molecular complexity index is 150. The standard InChI is InChI=1S/C11H24N2O.ClH/c1-10(2)9-14-7-6-13(3)11-4-5-12-8-11;/h10-12H,4-9H2,1-3H3;1H. The molecule has 1 heterocycles. The largest absolute Gasteiger partial charge is 0.380 e. The van der Waals surface area contributed by atoms with E-state index in [0.29, 0.717) is 5.92 Å². The fourth-order valence-electron chi connectivity index (χ4n) is 1.73. The number of hydrogen-bond acceptors (Lipinski definition) is 3. The van der Waals surface area contributed by atoms with Crippen molar-refractivity contribution in [3.05, 3.63) is 0 Å². The van der Waals surface area contributed by atoms with Crippen molar-refractivity contribution in [2.75, 3.05) is 39.9 Å². The first-order valence-corrected chi connectivity index (χ1v) is 5.69. The molecular weight excluding hydrogens is 212 g/mol. The third kappa shape index (κ3) is 6.36. The highest BCUT2D eigenvalue weighted by atomic mass is 35.5. The predicted molar refractivity (Wildman–Crippen MR) is 66.8 cm³/mol. The van der Waals surface area contributed by atoms with Crippen molar-refractivity contribution in [1.29, 1.82) is 0 Å². The van der Waals surface area contributed by atoms with Crippen LogP contribution in [0.1, 0.15) is 20.3 Å². The minimum absolute atomic E-state index is 0. The van der Waals surface area contributed by atoms with Crippen molar-refractivity contribution in [3.8, 4) is 0 Å². The van der Waals surface area contributed by atoms with E-state index in [1.54, 1.807) is 0 Å². The third-order valence-corrected chi connectivity index (χ3v) is 2.70. The van der Waals surface area contributed by atoms with Crippen LogP contribution in [0.15, 0.2) is 0 Å². The highest BCUT2D eigenvalue weighted by Gasteiger charge is 2.18. The molecule has 0 spiro atoms. The zero-order chi connectivity index (χ0) is 10.4.